The zero-order valence-electron chi connectivity index (χ0n) is 23.0. The van der Waals surface area contributed by atoms with Gasteiger partial charge in [0.1, 0.15) is 12.6 Å². The van der Waals surface area contributed by atoms with Crippen LogP contribution in [0.15, 0.2) is 54.7 Å². The summed E-state index contributed by atoms with van der Waals surface area (Å²) in [6.07, 6.45) is 5.78. The standard InChI is InChI=1S/C30H34N4O6/c1-19-23(17-33(2)32-19)27(28(35)31-21-9-5-4-6-10-21)34(22-15-13-20(14-16-22)30(37)38-3)29(36)26-18-39-24-11-7-8-12-25(24)40-26/h7-8,11-17,21,26-27H,4-6,9-10,18H2,1-3H3,(H,31,35)/t26-,27+/m1/s1. The Bertz CT molecular complexity index is 1380. The van der Waals surface area contributed by atoms with Crippen LogP contribution >= 0.6 is 0 Å². The van der Waals surface area contributed by atoms with E-state index in [4.69, 9.17) is 14.2 Å². The van der Waals surface area contributed by atoms with Crippen molar-refractivity contribution in [3.05, 3.63) is 71.5 Å². The van der Waals surface area contributed by atoms with Crippen molar-refractivity contribution in [2.45, 2.75) is 57.2 Å². The van der Waals surface area contributed by atoms with Gasteiger partial charge in [-0.2, -0.15) is 5.10 Å². The van der Waals surface area contributed by atoms with Crippen molar-refractivity contribution in [3.8, 4) is 11.5 Å². The fourth-order valence-corrected chi connectivity index (χ4v) is 5.39. The van der Waals surface area contributed by atoms with Gasteiger partial charge in [-0.15, -0.1) is 0 Å². The summed E-state index contributed by atoms with van der Waals surface area (Å²) in [6, 6.07) is 12.6. The number of hydrogen-bond donors (Lipinski definition) is 1. The monoisotopic (exact) mass is 546 g/mol. The van der Waals surface area contributed by atoms with Gasteiger partial charge in [-0.25, -0.2) is 4.79 Å². The highest BCUT2D eigenvalue weighted by atomic mass is 16.6. The fraction of sp³-hybridized carbons (Fsp3) is 0.400. The lowest BCUT2D eigenvalue weighted by atomic mass is 9.94. The summed E-state index contributed by atoms with van der Waals surface area (Å²) in [7, 11) is 3.08. The SMILES string of the molecule is COC(=O)c1ccc(N(C(=O)[C@H]2COc3ccccc3O2)[C@H](C(=O)NC2CCCCC2)c2cn(C)nc2C)cc1. The number of amides is 2. The van der Waals surface area contributed by atoms with Crippen LogP contribution in [-0.4, -0.2) is 53.4 Å². The number of rotatable bonds is 7. The number of fused-ring (bicyclic) bond motifs is 1. The molecule has 10 nitrogen and oxygen atoms in total. The van der Waals surface area contributed by atoms with E-state index in [-0.39, 0.29) is 18.6 Å². The van der Waals surface area contributed by atoms with Crippen LogP contribution in [0.5, 0.6) is 11.5 Å². The van der Waals surface area contributed by atoms with Crippen molar-refractivity contribution in [1.82, 2.24) is 15.1 Å². The first-order valence-corrected chi connectivity index (χ1v) is 13.6. The number of aryl methyl sites for hydroxylation is 2. The number of hydrogen-bond acceptors (Lipinski definition) is 7. The fourth-order valence-electron chi connectivity index (χ4n) is 5.39. The molecule has 40 heavy (non-hydrogen) atoms. The predicted octanol–water partition coefficient (Wildman–Crippen LogP) is 3.88. The van der Waals surface area contributed by atoms with Gasteiger partial charge in [-0.05, 0) is 56.2 Å². The molecule has 0 saturated heterocycles. The number of benzene rings is 2. The molecule has 2 aromatic carbocycles. The first-order chi connectivity index (χ1) is 19.4. The summed E-state index contributed by atoms with van der Waals surface area (Å²) in [6.45, 7) is 1.80. The number of aromatic nitrogens is 2. The lowest BCUT2D eigenvalue weighted by Crippen LogP contribution is -2.52. The second-order valence-electron chi connectivity index (χ2n) is 10.2. The molecule has 2 amide bonds. The quantitative estimate of drug-likeness (QED) is 0.448. The van der Waals surface area contributed by atoms with Crippen LogP contribution in [0.3, 0.4) is 0 Å². The minimum absolute atomic E-state index is 0.0183. The average molecular weight is 547 g/mol. The highest BCUT2D eigenvalue weighted by Gasteiger charge is 2.41. The van der Waals surface area contributed by atoms with Gasteiger partial charge in [0.25, 0.3) is 5.91 Å². The van der Waals surface area contributed by atoms with Crippen molar-refractivity contribution >= 4 is 23.5 Å². The molecule has 0 radical (unpaired) electrons. The molecular weight excluding hydrogens is 512 g/mol. The number of esters is 1. The van der Waals surface area contributed by atoms with Crippen LogP contribution in [0, 0.1) is 6.92 Å². The molecule has 3 aromatic rings. The van der Waals surface area contributed by atoms with Gasteiger partial charge in [0.15, 0.2) is 11.5 Å². The van der Waals surface area contributed by atoms with E-state index in [0.29, 0.717) is 34.0 Å². The number of methoxy groups -OCH3 is 1. The van der Waals surface area contributed by atoms with E-state index in [1.54, 1.807) is 60.4 Å². The Morgan fingerprint density at radius 3 is 2.40 bits per heavy atom. The molecule has 0 bridgehead atoms. The van der Waals surface area contributed by atoms with Gasteiger partial charge in [0.2, 0.25) is 12.0 Å². The van der Waals surface area contributed by atoms with E-state index in [2.05, 4.69) is 10.4 Å². The summed E-state index contributed by atoms with van der Waals surface area (Å²) >= 11 is 0. The third kappa shape index (κ3) is 5.66. The Morgan fingerprint density at radius 1 is 1.05 bits per heavy atom. The van der Waals surface area contributed by atoms with Crippen LogP contribution in [0.2, 0.25) is 0 Å². The number of carbonyl (C=O) groups is 3. The maximum absolute atomic E-state index is 14.3. The third-order valence-electron chi connectivity index (χ3n) is 7.39. The number of carbonyl (C=O) groups excluding carboxylic acids is 3. The molecule has 2 atom stereocenters. The summed E-state index contributed by atoms with van der Waals surface area (Å²) in [5.74, 6) is -0.248. The third-order valence-corrected chi connectivity index (χ3v) is 7.39. The van der Waals surface area contributed by atoms with E-state index in [1.807, 2.05) is 13.0 Å². The highest BCUT2D eigenvalue weighted by Crippen LogP contribution is 2.35. The summed E-state index contributed by atoms with van der Waals surface area (Å²) < 4.78 is 18.4. The summed E-state index contributed by atoms with van der Waals surface area (Å²) in [4.78, 5) is 42.0. The van der Waals surface area contributed by atoms with Gasteiger partial charge < -0.3 is 19.5 Å². The van der Waals surface area contributed by atoms with Crippen molar-refractivity contribution in [2.24, 2.45) is 7.05 Å². The molecule has 1 aliphatic carbocycles. The van der Waals surface area contributed by atoms with Crippen molar-refractivity contribution in [3.63, 3.8) is 0 Å². The molecule has 1 aliphatic heterocycles. The molecule has 2 heterocycles. The van der Waals surface area contributed by atoms with E-state index < -0.39 is 24.0 Å². The lowest BCUT2D eigenvalue weighted by molar-refractivity contribution is -0.132. The van der Waals surface area contributed by atoms with Gasteiger partial charge in [-0.3, -0.25) is 19.2 Å². The van der Waals surface area contributed by atoms with Crippen LogP contribution < -0.4 is 19.7 Å². The smallest absolute Gasteiger partial charge is 0.337 e. The Labute approximate surface area is 233 Å². The zero-order valence-corrected chi connectivity index (χ0v) is 23.0. The van der Waals surface area contributed by atoms with Crippen LogP contribution in [0.1, 0.15) is 59.8 Å². The van der Waals surface area contributed by atoms with Crippen LogP contribution in [-0.2, 0) is 21.4 Å². The molecule has 1 fully saturated rings. The van der Waals surface area contributed by atoms with E-state index in [9.17, 15) is 14.4 Å². The minimum atomic E-state index is -1.03. The normalized spacial score (nSPS) is 17.5. The molecule has 1 saturated carbocycles. The van der Waals surface area contributed by atoms with Crippen molar-refractivity contribution < 1.29 is 28.6 Å². The van der Waals surface area contributed by atoms with Crippen molar-refractivity contribution in [1.29, 1.82) is 0 Å². The minimum Gasteiger partial charge on any atom is -0.485 e. The van der Waals surface area contributed by atoms with Crippen LogP contribution in [0.4, 0.5) is 5.69 Å². The number of anilines is 1. The van der Waals surface area contributed by atoms with Gasteiger partial charge in [0.05, 0.1) is 18.4 Å². The molecule has 2 aliphatic rings. The number of nitrogens with one attached hydrogen (secondary N) is 1. The predicted molar refractivity (Wildman–Crippen MR) is 147 cm³/mol. The number of nitrogens with zero attached hydrogens (tertiary/aromatic N) is 3. The molecular formula is C30H34N4O6. The molecule has 1 aromatic heterocycles. The molecule has 10 heteroatoms. The molecule has 210 valence electrons. The first-order valence-electron chi connectivity index (χ1n) is 13.6. The second kappa shape index (κ2) is 11.8. The van der Waals surface area contributed by atoms with E-state index in [1.165, 1.54) is 12.0 Å². The zero-order chi connectivity index (χ0) is 28.2. The van der Waals surface area contributed by atoms with Crippen LogP contribution in [0.25, 0.3) is 0 Å². The Hall–Kier alpha value is -4.34. The van der Waals surface area contributed by atoms with E-state index >= 15 is 0 Å². The molecule has 5 rings (SSSR count). The Balaban J connectivity index is 1.57. The molecule has 0 spiro atoms. The van der Waals surface area contributed by atoms with Gasteiger partial charge in [-0.1, -0.05) is 31.4 Å². The number of para-hydroxylation sites is 2. The summed E-state index contributed by atoms with van der Waals surface area (Å²) in [5, 5.41) is 7.67. The summed E-state index contributed by atoms with van der Waals surface area (Å²) in [5.41, 5.74) is 1.97. The number of ether oxygens (including phenoxy) is 3. The van der Waals surface area contributed by atoms with E-state index in [0.717, 1.165) is 32.1 Å². The Kier molecular flexibility index (Phi) is 8.04. The molecule has 0 unspecified atom stereocenters. The Morgan fingerprint density at radius 2 is 1.75 bits per heavy atom. The largest absolute Gasteiger partial charge is 0.485 e. The lowest BCUT2D eigenvalue weighted by Gasteiger charge is -2.36. The molecule has 1 N–H and O–H groups in total. The topological polar surface area (TPSA) is 112 Å². The van der Waals surface area contributed by atoms with Gasteiger partial charge >= 0.3 is 5.97 Å². The average Bonchev–Trinajstić information content (AvgIpc) is 3.32. The first kappa shape index (κ1) is 27.2. The van der Waals surface area contributed by atoms with Crippen molar-refractivity contribution in [2.75, 3.05) is 18.6 Å². The maximum Gasteiger partial charge on any atom is 0.337 e. The van der Waals surface area contributed by atoms with Gasteiger partial charge in [0, 0.05) is 30.5 Å². The maximum atomic E-state index is 14.3. The highest BCUT2D eigenvalue weighted by molar-refractivity contribution is 6.04. The second-order valence-corrected chi connectivity index (χ2v) is 10.2.